The van der Waals surface area contributed by atoms with E-state index in [9.17, 15) is 4.79 Å². The van der Waals surface area contributed by atoms with Gasteiger partial charge in [0.25, 0.3) is 0 Å². The fourth-order valence-electron chi connectivity index (χ4n) is 3.72. The molecule has 0 saturated carbocycles. The highest BCUT2D eigenvalue weighted by Crippen LogP contribution is 2.20. The number of carbonyl (C=O) groups is 1. The molecule has 5 nitrogen and oxygen atoms in total. The van der Waals surface area contributed by atoms with Gasteiger partial charge in [-0.05, 0) is 50.7 Å². The summed E-state index contributed by atoms with van der Waals surface area (Å²) in [5, 5.41) is 4.56. The highest BCUT2D eigenvalue weighted by molar-refractivity contribution is 5.76. The number of aryl methyl sites for hydroxylation is 2. The molecule has 1 aliphatic rings. The van der Waals surface area contributed by atoms with Crippen LogP contribution in [-0.2, 0) is 22.7 Å². The van der Waals surface area contributed by atoms with Gasteiger partial charge in [0.15, 0.2) is 0 Å². The predicted molar refractivity (Wildman–Crippen MR) is 106 cm³/mol. The van der Waals surface area contributed by atoms with E-state index in [1.807, 2.05) is 30.0 Å². The summed E-state index contributed by atoms with van der Waals surface area (Å²) >= 11 is 0. The Kier molecular flexibility index (Phi) is 7.04. The first-order valence-corrected chi connectivity index (χ1v) is 10.0. The van der Waals surface area contributed by atoms with Crippen LogP contribution in [0.5, 0.6) is 0 Å². The Bertz CT molecular complexity index is 718. The summed E-state index contributed by atoms with van der Waals surface area (Å²) in [6.45, 7) is 8.10. The number of ether oxygens (including phenoxy) is 1. The zero-order valence-electron chi connectivity index (χ0n) is 16.6. The summed E-state index contributed by atoms with van der Waals surface area (Å²) in [6, 6.07) is 12.3. The zero-order chi connectivity index (χ0) is 19.1. The van der Waals surface area contributed by atoms with Gasteiger partial charge in [0.1, 0.15) is 0 Å². The van der Waals surface area contributed by atoms with Gasteiger partial charge in [0, 0.05) is 38.4 Å². The molecule has 1 amide bonds. The molecule has 1 fully saturated rings. The molecular formula is C22H31N3O2. The van der Waals surface area contributed by atoms with Crippen LogP contribution in [0, 0.1) is 19.8 Å². The molecule has 3 rings (SSSR count). The van der Waals surface area contributed by atoms with Crippen molar-refractivity contribution in [1.82, 2.24) is 14.7 Å². The van der Waals surface area contributed by atoms with Crippen molar-refractivity contribution in [1.29, 1.82) is 0 Å². The Morgan fingerprint density at radius 1 is 1.19 bits per heavy atom. The number of piperidine rings is 1. The van der Waals surface area contributed by atoms with Crippen molar-refractivity contribution in [2.75, 3.05) is 19.7 Å². The third-order valence-corrected chi connectivity index (χ3v) is 5.29. The summed E-state index contributed by atoms with van der Waals surface area (Å²) in [6.07, 6.45) is 3.50. The van der Waals surface area contributed by atoms with Crippen molar-refractivity contribution in [3.63, 3.8) is 0 Å². The van der Waals surface area contributed by atoms with Crippen molar-refractivity contribution >= 4 is 5.91 Å². The third-order valence-electron chi connectivity index (χ3n) is 5.29. The summed E-state index contributed by atoms with van der Waals surface area (Å²) < 4.78 is 7.79. The van der Waals surface area contributed by atoms with Crippen LogP contribution in [0.3, 0.4) is 0 Å². The molecule has 1 aliphatic heterocycles. The molecule has 27 heavy (non-hydrogen) atoms. The maximum atomic E-state index is 12.4. The van der Waals surface area contributed by atoms with E-state index in [1.54, 1.807) is 0 Å². The van der Waals surface area contributed by atoms with Gasteiger partial charge in [-0.15, -0.1) is 0 Å². The van der Waals surface area contributed by atoms with E-state index in [1.165, 1.54) is 11.3 Å². The van der Waals surface area contributed by atoms with Crippen LogP contribution < -0.4 is 0 Å². The minimum absolute atomic E-state index is 0.267. The average molecular weight is 370 g/mol. The largest absolute Gasteiger partial charge is 0.377 e. The number of likely N-dealkylation sites (tertiary alicyclic amines) is 1. The molecule has 2 aromatic rings. The molecule has 5 heteroatoms. The molecule has 1 saturated heterocycles. The molecule has 2 heterocycles. The molecule has 0 unspecified atom stereocenters. The van der Waals surface area contributed by atoms with Gasteiger partial charge in [-0.25, -0.2) is 0 Å². The first-order valence-electron chi connectivity index (χ1n) is 10.0. The molecule has 0 spiro atoms. The second kappa shape index (κ2) is 9.70. The maximum absolute atomic E-state index is 12.4. The van der Waals surface area contributed by atoms with E-state index in [0.29, 0.717) is 25.6 Å². The van der Waals surface area contributed by atoms with Crippen LogP contribution in [0.15, 0.2) is 36.4 Å². The first-order chi connectivity index (χ1) is 13.1. The minimum Gasteiger partial charge on any atom is -0.377 e. The Balaban J connectivity index is 1.31. The topological polar surface area (TPSA) is 47.4 Å². The van der Waals surface area contributed by atoms with Gasteiger partial charge in [-0.2, -0.15) is 5.10 Å². The van der Waals surface area contributed by atoms with Gasteiger partial charge in [-0.1, -0.05) is 30.3 Å². The van der Waals surface area contributed by atoms with Crippen LogP contribution in [0.1, 0.15) is 42.6 Å². The maximum Gasteiger partial charge on any atom is 0.222 e. The lowest BCUT2D eigenvalue weighted by molar-refractivity contribution is -0.133. The first kappa shape index (κ1) is 19.6. The lowest BCUT2D eigenvalue weighted by Gasteiger charge is -2.32. The predicted octanol–water partition coefficient (Wildman–Crippen LogP) is 3.74. The summed E-state index contributed by atoms with van der Waals surface area (Å²) in [5.74, 6) is 0.879. The van der Waals surface area contributed by atoms with Gasteiger partial charge >= 0.3 is 0 Å². The standard InChI is InChI=1S/C22H31N3O2/c1-18-15-19(2)25(23-18)16-20-10-12-24(13-11-20)22(26)9-6-14-27-17-21-7-4-3-5-8-21/h3-5,7-8,15,20H,6,9-14,16-17H2,1-2H3. The van der Waals surface area contributed by atoms with Crippen molar-refractivity contribution in [2.24, 2.45) is 5.92 Å². The lowest BCUT2D eigenvalue weighted by Crippen LogP contribution is -2.39. The Morgan fingerprint density at radius 2 is 1.93 bits per heavy atom. The second-order valence-electron chi connectivity index (χ2n) is 7.58. The zero-order valence-corrected chi connectivity index (χ0v) is 16.6. The summed E-state index contributed by atoms with van der Waals surface area (Å²) in [4.78, 5) is 14.4. The van der Waals surface area contributed by atoms with Crippen molar-refractivity contribution < 1.29 is 9.53 Å². The SMILES string of the molecule is Cc1cc(C)n(CC2CCN(C(=O)CCCOCc3ccccc3)CC2)n1. The van der Waals surface area contributed by atoms with Crippen LogP contribution in [0.4, 0.5) is 0 Å². The number of benzene rings is 1. The molecule has 0 aliphatic carbocycles. The van der Waals surface area contributed by atoms with Crippen LogP contribution in [-0.4, -0.2) is 40.3 Å². The van der Waals surface area contributed by atoms with Crippen LogP contribution >= 0.6 is 0 Å². The van der Waals surface area contributed by atoms with Gasteiger partial charge in [0.2, 0.25) is 5.91 Å². The number of hydrogen-bond donors (Lipinski definition) is 0. The fourth-order valence-corrected chi connectivity index (χ4v) is 3.72. The molecular weight excluding hydrogens is 338 g/mol. The fraction of sp³-hybridized carbons (Fsp3) is 0.545. The number of aromatic nitrogens is 2. The number of hydrogen-bond acceptors (Lipinski definition) is 3. The highest BCUT2D eigenvalue weighted by atomic mass is 16.5. The van der Waals surface area contributed by atoms with Crippen molar-refractivity contribution in [2.45, 2.75) is 52.7 Å². The van der Waals surface area contributed by atoms with E-state index in [4.69, 9.17) is 4.74 Å². The number of carbonyl (C=O) groups excluding carboxylic acids is 1. The smallest absolute Gasteiger partial charge is 0.222 e. The summed E-state index contributed by atoms with van der Waals surface area (Å²) in [5.41, 5.74) is 3.48. The normalized spacial score (nSPS) is 15.3. The number of rotatable bonds is 8. The number of amides is 1. The van der Waals surface area contributed by atoms with Crippen molar-refractivity contribution in [3.05, 3.63) is 53.3 Å². The van der Waals surface area contributed by atoms with Crippen LogP contribution in [0.2, 0.25) is 0 Å². The molecule has 1 aromatic heterocycles. The van der Waals surface area contributed by atoms with E-state index in [-0.39, 0.29) is 5.91 Å². The van der Waals surface area contributed by atoms with Gasteiger partial charge in [-0.3, -0.25) is 9.48 Å². The molecule has 0 radical (unpaired) electrons. The minimum atomic E-state index is 0.267. The molecule has 0 bridgehead atoms. The second-order valence-corrected chi connectivity index (χ2v) is 7.58. The Morgan fingerprint density at radius 3 is 2.59 bits per heavy atom. The third kappa shape index (κ3) is 5.93. The number of nitrogens with zero attached hydrogens (tertiary/aromatic N) is 3. The molecule has 0 atom stereocenters. The van der Waals surface area contributed by atoms with E-state index in [2.05, 4.69) is 34.9 Å². The average Bonchev–Trinajstić information content (AvgIpc) is 2.99. The monoisotopic (exact) mass is 369 g/mol. The van der Waals surface area contributed by atoms with Gasteiger partial charge in [0.05, 0.1) is 12.3 Å². The van der Waals surface area contributed by atoms with Crippen molar-refractivity contribution in [3.8, 4) is 0 Å². The van der Waals surface area contributed by atoms with E-state index < -0.39 is 0 Å². The Labute approximate surface area is 162 Å². The summed E-state index contributed by atoms with van der Waals surface area (Å²) in [7, 11) is 0. The lowest BCUT2D eigenvalue weighted by atomic mass is 9.96. The quantitative estimate of drug-likeness (QED) is 0.666. The molecule has 146 valence electrons. The highest BCUT2D eigenvalue weighted by Gasteiger charge is 2.23. The molecule has 1 aromatic carbocycles. The Hall–Kier alpha value is -2.14. The molecule has 0 N–H and O–H groups in total. The van der Waals surface area contributed by atoms with Crippen LogP contribution in [0.25, 0.3) is 0 Å². The van der Waals surface area contributed by atoms with E-state index >= 15 is 0 Å². The van der Waals surface area contributed by atoms with Gasteiger partial charge < -0.3 is 9.64 Å². The van der Waals surface area contributed by atoms with E-state index in [0.717, 1.165) is 44.6 Å².